The number of carbonyl (C=O) groups is 1. The molecule has 0 saturated heterocycles. The maximum Gasteiger partial charge on any atom is 0.274 e. The number of nitrogens with zero attached hydrogens (tertiary/aromatic N) is 2. The van der Waals surface area contributed by atoms with E-state index in [-0.39, 0.29) is 10.7 Å². The highest BCUT2D eigenvalue weighted by Gasteiger charge is 2.10. The third-order valence-corrected chi connectivity index (χ3v) is 2.62. The Labute approximate surface area is 113 Å². The summed E-state index contributed by atoms with van der Waals surface area (Å²) in [5.74, 6) is -0.975. The number of nitriles is 1. The van der Waals surface area contributed by atoms with Crippen LogP contribution in [0, 0.1) is 17.1 Å². The van der Waals surface area contributed by atoms with Crippen molar-refractivity contribution in [3.63, 3.8) is 0 Å². The summed E-state index contributed by atoms with van der Waals surface area (Å²) in [7, 11) is 0. The van der Waals surface area contributed by atoms with Crippen molar-refractivity contribution in [3.05, 3.63) is 58.6 Å². The minimum Gasteiger partial charge on any atom is -0.319 e. The second-order valence-corrected chi connectivity index (χ2v) is 4.03. The van der Waals surface area contributed by atoms with Gasteiger partial charge in [-0.15, -0.1) is 0 Å². The predicted molar refractivity (Wildman–Crippen MR) is 68.3 cm³/mol. The summed E-state index contributed by atoms with van der Waals surface area (Å²) in [6, 6.07) is 8.45. The molecule has 19 heavy (non-hydrogen) atoms. The Hall–Kier alpha value is -2.45. The van der Waals surface area contributed by atoms with E-state index in [1.54, 1.807) is 0 Å². The van der Waals surface area contributed by atoms with Crippen LogP contribution in [0.2, 0.25) is 5.02 Å². The Morgan fingerprint density at radius 2 is 2.16 bits per heavy atom. The molecule has 1 aromatic heterocycles. The van der Waals surface area contributed by atoms with Crippen molar-refractivity contribution >= 4 is 23.2 Å². The minimum atomic E-state index is -0.488. The van der Waals surface area contributed by atoms with E-state index in [9.17, 15) is 9.18 Å². The molecule has 0 unspecified atom stereocenters. The number of hydrogen-bond acceptors (Lipinski definition) is 3. The molecule has 2 rings (SSSR count). The molecular weight excluding hydrogens is 269 g/mol. The molecule has 0 spiro atoms. The second kappa shape index (κ2) is 5.46. The van der Waals surface area contributed by atoms with Gasteiger partial charge in [0.2, 0.25) is 0 Å². The van der Waals surface area contributed by atoms with Crippen LogP contribution in [0.5, 0.6) is 0 Å². The highest BCUT2D eigenvalue weighted by Crippen LogP contribution is 2.22. The number of halogens is 2. The van der Waals surface area contributed by atoms with Gasteiger partial charge in [0.15, 0.2) is 0 Å². The number of amides is 1. The third kappa shape index (κ3) is 3.06. The van der Waals surface area contributed by atoms with Crippen LogP contribution in [0.3, 0.4) is 0 Å². The van der Waals surface area contributed by atoms with Gasteiger partial charge in [-0.3, -0.25) is 4.79 Å². The van der Waals surface area contributed by atoms with Crippen molar-refractivity contribution in [2.24, 2.45) is 0 Å². The largest absolute Gasteiger partial charge is 0.319 e. The molecule has 0 fully saturated rings. The molecule has 2 aromatic rings. The van der Waals surface area contributed by atoms with E-state index in [1.165, 1.54) is 30.5 Å². The normalized spacial score (nSPS) is 9.74. The average molecular weight is 276 g/mol. The SMILES string of the molecule is N#Cc1ccc(C(=O)Nc2ccc(F)cc2Cl)nc1. The summed E-state index contributed by atoms with van der Waals surface area (Å²) >= 11 is 5.79. The second-order valence-electron chi connectivity index (χ2n) is 3.62. The molecule has 6 heteroatoms. The molecule has 1 heterocycles. The number of pyridine rings is 1. The average Bonchev–Trinajstić information content (AvgIpc) is 2.42. The summed E-state index contributed by atoms with van der Waals surface area (Å²) in [6.45, 7) is 0. The maximum atomic E-state index is 12.9. The lowest BCUT2D eigenvalue weighted by Gasteiger charge is -2.06. The van der Waals surface area contributed by atoms with Gasteiger partial charge in [0, 0.05) is 6.20 Å². The van der Waals surface area contributed by atoms with Crippen molar-refractivity contribution < 1.29 is 9.18 Å². The van der Waals surface area contributed by atoms with Crippen LogP contribution >= 0.6 is 11.6 Å². The first kappa shape index (κ1) is 13.0. The van der Waals surface area contributed by atoms with Gasteiger partial charge in [-0.25, -0.2) is 9.37 Å². The van der Waals surface area contributed by atoms with Gasteiger partial charge in [0.1, 0.15) is 17.6 Å². The number of carbonyl (C=O) groups excluding carboxylic acids is 1. The first-order chi connectivity index (χ1) is 9.10. The van der Waals surface area contributed by atoms with E-state index < -0.39 is 11.7 Å². The zero-order valence-corrected chi connectivity index (χ0v) is 10.3. The molecule has 0 aliphatic carbocycles. The molecule has 1 amide bonds. The Kier molecular flexibility index (Phi) is 3.74. The monoisotopic (exact) mass is 275 g/mol. The van der Waals surface area contributed by atoms with Gasteiger partial charge < -0.3 is 5.32 Å². The highest BCUT2D eigenvalue weighted by molar-refractivity contribution is 6.33. The lowest BCUT2D eigenvalue weighted by Crippen LogP contribution is -2.13. The number of rotatable bonds is 2. The number of anilines is 1. The molecule has 0 bridgehead atoms. The van der Waals surface area contributed by atoms with E-state index in [1.807, 2.05) is 6.07 Å². The van der Waals surface area contributed by atoms with Crippen molar-refractivity contribution in [1.82, 2.24) is 4.98 Å². The number of aromatic nitrogens is 1. The fraction of sp³-hybridized carbons (Fsp3) is 0. The smallest absolute Gasteiger partial charge is 0.274 e. The highest BCUT2D eigenvalue weighted by atomic mass is 35.5. The first-order valence-corrected chi connectivity index (χ1v) is 5.60. The third-order valence-electron chi connectivity index (χ3n) is 2.30. The zero-order valence-electron chi connectivity index (χ0n) is 9.52. The molecule has 0 aliphatic heterocycles. The number of hydrogen-bond donors (Lipinski definition) is 1. The number of benzene rings is 1. The van der Waals surface area contributed by atoms with Gasteiger partial charge in [0.25, 0.3) is 5.91 Å². The zero-order chi connectivity index (χ0) is 13.8. The molecule has 4 nitrogen and oxygen atoms in total. The van der Waals surface area contributed by atoms with Gasteiger partial charge >= 0.3 is 0 Å². The summed E-state index contributed by atoms with van der Waals surface area (Å²) in [5, 5.41) is 11.2. The lowest BCUT2D eigenvalue weighted by molar-refractivity contribution is 0.102. The summed E-state index contributed by atoms with van der Waals surface area (Å²) in [4.78, 5) is 15.7. The molecule has 0 atom stereocenters. The van der Waals surface area contributed by atoms with Gasteiger partial charge in [0.05, 0.1) is 16.3 Å². The van der Waals surface area contributed by atoms with Crippen LogP contribution in [0.4, 0.5) is 10.1 Å². The predicted octanol–water partition coefficient (Wildman–Crippen LogP) is 3.00. The Morgan fingerprint density at radius 1 is 1.37 bits per heavy atom. The van der Waals surface area contributed by atoms with Crippen molar-refractivity contribution in [2.45, 2.75) is 0 Å². The van der Waals surface area contributed by atoms with Crippen LogP contribution in [0.15, 0.2) is 36.5 Å². The van der Waals surface area contributed by atoms with Crippen LogP contribution in [-0.2, 0) is 0 Å². The molecule has 94 valence electrons. The fourth-order valence-corrected chi connectivity index (χ4v) is 1.59. The molecule has 0 saturated carbocycles. The summed E-state index contributed by atoms with van der Waals surface area (Å²) in [5.41, 5.74) is 0.787. The standard InChI is InChI=1S/C13H7ClFN3O/c14-10-5-9(15)2-4-11(10)18-13(19)12-3-1-8(6-16)7-17-12/h1-5,7H,(H,18,19). The van der Waals surface area contributed by atoms with E-state index in [2.05, 4.69) is 10.3 Å². The van der Waals surface area contributed by atoms with Gasteiger partial charge in [-0.1, -0.05) is 11.6 Å². The van der Waals surface area contributed by atoms with Crippen molar-refractivity contribution in [3.8, 4) is 6.07 Å². The van der Waals surface area contributed by atoms with Crippen LogP contribution in [-0.4, -0.2) is 10.9 Å². The molecule has 0 radical (unpaired) electrons. The van der Waals surface area contributed by atoms with Crippen LogP contribution in [0.1, 0.15) is 16.1 Å². The first-order valence-electron chi connectivity index (χ1n) is 5.22. The van der Waals surface area contributed by atoms with Crippen LogP contribution < -0.4 is 5.32 Å². The Balaban J connectivity index is 2.18. The van der Waals surface area contributed by atoms with Crippen LogP contribution in [0.25, 0.3) is 0 Å². The lowest BCUT2D eigenvalue weighted by atomic mass is 10.2. The van der Waals surface area contributed by atoms with Crippen molar-refractivity contribution in [2.75, 3.05) is 5.32 Å². The molecule has 1 aromatic carbocycles. The van der Waals surface area contributed by atoms with E-state index in [4.69, 9.17) is 16.9 Å². The summed E-state index contributed by atoms with van der Waals surface area (Å²) in [6.07, 6.45) is 1.29. The van der Waals surface area contributed by atoms with Crippen molar-refractivity contribution in [1.29, 1.82) is 5.26 Å². The van der Waals surface area contributed by atoms with Gasteiger partial charge in [-0.2, -0.15) is 5.26 Å². The Bertz CT molecular complexity index is 665. The van der Waals surface area contributed by atoms with Gasteiger partial charge in [-0.05, 0) is 30.3 Å². The molecule has 1 N–H and O–H groups in total. The molecule has 0 aliphatic rings. The van der Waals surface area contributed by atoms with E-state index in [0.717, 1.165) is 6.07 Å². The molecular formula is C13H7ClFN3O. The summed E-state index contributed by atoms with van der Waals surface area (Å²) < 4.78 is 12.9. The van der Waals surface area contributed by atoms with E-state index >= 15 is 0 Å². The minimum absolute atomic E-state index is 0.0991. The maximum absolute atomic E-state index is 12.9. The quantitative estimate of drug-likeness (QED) is 0.916. The number of nitrogens with one attached hydrogen (secondary N) is 1. The Morgan fingerprint density at radius 3 is 2.74 bits per heavy atom. The fourth-order valence-electron chi connectivity index (χ4n) is 1.37. The topological polar surface area (TPSA) is 65.8 Å². The van der Waals surface area contributed by atoms with E-state index in [0.29, 0.717) is 11.3 Å².